The summed E-state index contributed by atoms with van der Waals surface area (Å²) in [4.78, 5) is 19.0. The summed E-state index contributed by atoms with van der Waals surface area (Å²) in [6.07, 6.45) is 5.81. The Morgan fingerprint density at radius 1 is 1.44 bits per heavy atom. The Morgan fingerprint density at radius 3 is 3.06 bits per heavy atom. The fourth-order valence-electron chi connectivity index (χ4n) is 2.19. The molecular formula is C12H19N3O. The van der Waals surface area contributed by atoms with Crippen LogP contribution in [0.5, 0.6) is 0 Å². The first-order chi connectivity index (χ1) is 7.81. The van der Waals surface area contributed by atoms with Crippen LogP contribution in [-0.2, 0) is 6.42 Å². The summed E-state index contributed by atoms with van der Waals surface area (Å²) >= 11 is 0. The molecule has 0 aliphatic carbocycles. The molecule has 1 aromatic heterocycles. The maximum absolute atomic E-state index is 11.7. The second kappa shape index (κ2) is 5.25. The number of aromatic amines is 1. The standard InChI is InChI=1S/C12H19N3O/c1-2-9-8-14-11(15-12(9)16)10-4-3-6-13-7-5-10/h8,10,13H,2-7H2,1H3,(H,14,15,16). The highest BCUT2D eigenvalue weighted by atomic mass is 16.1. The first kappa shape index (κ1) is 11.3. The molecule has 2 N–H and O–H groups in total. The molecule has 16 heavy (non-hydrogen) atoms. The molecule has 0 saturated carbocycles. The highest BCUT2D eigenvalue weighted by Gasteiger charge is 2.16. The lowest BCUT2D eigenvalue weighted by molar-refractivity contribution is 0.571. The van der Waals surface area contributed by atoms with Crippen LogP contribution in [-0.4, -0.2) is 23.1 Å². The molecule has 2 rings (SSSR count). The van der Waals surface area contributed by atoms with Crippen molar-refractivity contribution < 1.29 is 0 Å². The molecule has 2 heterocycles. The van der Waals surface area contributed by atoms with Crippen molar-refractivity contribution in [2.24, 2.45) is 0 Å². The number of nitrogens with zero attached hydrogens (tertiary/aromatic N) is 1. The molecule has 4 heteroatoms. The first-order valence-electron chi connectivity index (χ1n) is 6.10. The highest BCUT2D eigenvalue weighted by molar-refractivity contribution is 5.08. The molecule has 1 saturated heterocycles. The summed E-state index contributed by atoms with van der Waals surface area (Å²) in [5.74, 6) is 1.28. The van der Waals surface area contributed by atoms with E-state index in [1.807, 2.05) is 6.92 Å². The number of hydrogen-bond donors (Lipinski definition) is 2. The van der Waals surface area contributed by atoms with Crippen molar-refractivity contribution in [2.45, 2.75) is 38.5 Å². The average molecular weight is 221 g/mol. The summed E-state index contributed by atoms with van der Waals surface area (Å²) in [5, 5.41) is 3.36. The summed E-state index contributed by atoms with van der Waals surface area (Å²) < 4.78 is 0. The van der Waals surface area contributed by atoms with Gasteiger partial charge in [0.15, 0.2) is 0 Å². The van der Waals surface area contributed by atoms with Crippen LogP contribution in [0.3, 0.4) is 0 Å². The van der Waals surface area contributed by atoms with Gasteiger partial charge in [0.25, 0.3) is 5.56 Å². The molecule has 88 valence electrons. The zero-order valence-corrected chi connectivity index (χ0v) is 9.75. The van der Waals surface area contributed by atoms with Gasteiger partial charge in [0.05, 0.1) is 0 Å². The van der Waals surface area contributed by atoms with Gasteiger partial charge in [0.1, 0.15) is 5.82 Å². The molecule has 4 nitrogen and oxygen atoms in total. The molecule has 1 atom stereocenters. The number of hydrogen-bond acceptors (Lipinski definition) is 3. The van der Waals surface area contributed by atoms with E-state index < -0.39 is 0 Å². The molecule has 1 aliphatic heterocycles. The largest absolute Gasteiger partial charge is 0.317 e. The Labute approximate surface area is 95.5 Å². The van der Waals surface area contributed by atoms with Crippen molar-refractivity contribution >= 4 is 0 Å². The molecule has 0 spiro atoms. The van der Waals surface area contributed by atoms with Gasteiger partial charge in [0, 0.05) is 17.7 Å². The molecular weight excluding hydrogens is 202 g/mol. The molecule has 1 fully saturated rings. The van der Waals surface area contributed by atoms with Gasteiger partial charge in [-0.15, -0.1) is 0 Å². The van der Waals surface area contributed by atoms with Crippen LogP contribution in [0.4, 0.5) is 0 Å². The Morgan fingerprint density at radius 2 is 2.31 bits per heavy atom. The minimum absolute atomic E-state index is 0.0321. The Balaban J connectivity index is 2.19. The van der Waals surface area contributed by atoms with Crippen LogP contribution in [0.15, 0.2) is 11.0 Å². The van der Waals surface area contributed by atoms with Crippen molar-refractivity contribution in [1.29, 1.82) is 0 Å². The summed E-state index contributed by atoms with van der Waals surface area (Å²) in [6, 6.07) is 0. The van der Waals surface area contributed by atoms with E-state index >= 15 is 0 Å². The lowest BCUT2D eigenvalue weighted by Gasteiger charge is -2.12. The van der Waals surface area contributed by atoms with E-state index in [2.05, 4.69) is 15.3 Å². The van der Waals surface area contributed by atoms with Gasteiger partial charge < -0.3 is 10.3 Å². The number of nitrogens with one attached hydrogen (secondary N) is 2. The summed E-state index contributed by atoms with van der Waals surface area (Å²) in [7, 11) is 0. The monoisotopic (exact) mass is 221 g/mol. The van der Waals surface area contributed by atoms with Crippen LogP contribution < -0.4 is 10.9 Å². The van der Waals surface area contributed by atoms with E-state index in [1.54, 1.807) is 6.20 Å². The predicted octanol–water partition coefficient (Wildman–Crippen LogP) is 1.19. The molecule has 0 aromatic carbocycles. The Bertz CT molecular complexity index is 391. The van der Waals surface area contributed by atoms with Gasteiger partial charge in [-0.2, -0.15) is 0 Å². The van der Waals surface area contributed by atoms with Crippen LogP contribution in [0.2, 0.25) is 0 Å². The van der Waals surface area contributed by atoms with E-state index in [-0.39, 0.29) is 5.56 Å². The number of rotatable bonds is 2. The Hall–Kier alpha value is -1.16. The summed E-state index contributed by atoms with van der Waals surface area (Å²) in [6.45, 7) is 4.07. The maximum atomic E-state index is 11.7. The van der Waals surface area contributed by atoms with Crippen molar-refractivity contribution in [1.82, 2.24) is 15.3 Å². The van der Waals surface area contributed by atoms with Crippen molar-refractivity contribution in [3.8, 4) is 0 Å². The predicted molar refractivity (Wildman–Crippen MR) is 63.7 cm³/mol. The quantitative estimate of drug-likeness (QED) is 0.788. The fourth-order valence-corrected chi connectivity index (χ4v) is 2.19. The van der Waals surface area contributed by atoms with E-state index in [1.165, 1.54) is 0 Å². The van der Waals surface area contributed by atoms with Gasteiger partial charge in [0.2, 0.25) is 0 Å². The van der Waals surface area contributed by atoms with Crippen LogP contribution >= 0.6 is 0 Å². The average Bonchev–Trinajstić information content (AvgIpc) is 2.57. The topological polar surface area (TPSA) is 57.8 Å². The van der Waals surface area contributed by atoms with Gasteiger partial charge in [-0.05, 0) is 38.8 Å². The molecule has 0 amide bonds. The van der Waals surface area contributed by atoms with Gasteiger partial charge in [-0.1, -0.05) is 6.92 Å². The van der Waals surface area contributed by atoms with Crippen LogP contribution in [0.25, 0.3) is 0 Å². The fraction of sp³-hybridized carbons (Fsp3) is 0.667. The second-order valence-corrected chi connectivity index (χ2v) is 4.35. The minimum Gasteiger partial charge on any atom is -0.317 e. The van der Waals surface area contributed by atoms with Crippen molar-refractivity contribution in [2.75, 3.05) is 13.1 Å². The van der Waals surface area contributed by atoms with Crippen molar-refractivity contribution in [3.63, 3.8) is 0 Å². The normalized spacial score (nSPS) is 21.7. The molecule has 0 bridgehead atoms. The molecule has 1 aromatic rings. The molecule has 0 radical (unpaired) electrons. The number of aryl methyl sites for hydroxylation is 1. The number of aromatic nitrogens is 2. The third kappa shape index (κ3) is 2.50. The van der Waals surface area contributed by atoms with Crippen molar-refractivity contribution in [3.05, 3.63) is 27.9 Å². The lowest BCUT2D eigenvalue weighted by atomic mass is 10.00. The first-order valence-corrected chi connectivity index (χ1v) is 6.10. The van der Waals surface area contributed by atoms with Crippen LogP contribution in [0, 0.1) is 0 Å². The Kier molecular flexibility index (Phi) is 3.72. The zero-order chi connectivity index (χ0) is 11.4. The second-order valence-electron chi connectivity index (χ2n) is 4.35. The minimum atomic E-state index is 0.0321. The number of H-pyrrole nitrogens is 1. The summed E-state index contributed by atoms with van der Waals surface area (Å²) in [5.41, 5.74) is 0.806. The SMILES string of the molecule is CCc1cnc(C2CCCNCC2)[nH]c1=O. The highest BCUT2D eigenvalue weighted by Crippen LogP contribution is 2.22. The van der Waals surface area contributed by atoms with Crippen LogP contribution in [0.1, 0.15) is 43.5 Å². The van der Waals surface area contributed by atoms with Gasteiger partial charge in [-0.3, -0.25) is 4.79 Å². The smallest absolute Gasteiger partial charge is 0.254 e. The van der Waals surface area contributed by atoms with E-state index in [4.69, 9.17) is 0 Å². The van der Waals surface area contributed by atoms with E-state index in [9.17, 15) is 4.79 Å². The zero-order valence-electron chi connectivity index (χ0n) is 9.75. The van der Waals surface area contributed by atoms with E-state index in [0.717, 1.165) is 50.2 Å². The molecule has 1 unspecified atom stereocenters. The van der Waals surface area contributed by atoms with Gasteiger partial charge in [-0.25, -0.2) is 4.98 Å². The molecule has 1 aliphatic rings. The maximum Gasteiger partial charge on any atom is 0.254 e. The lowest BCUT2D eigenvalue weighted by Crippen LogP contribution is -2.18. The van der Waals surface area contributed by atoms with Gasteiger partial charge >= 0.3 is 0 Å². The van der Waals surface area contributed by atoms with E-state index in [0.29, 0.717) is 5.92 Å². The third-order valence-electron chi connectivity index (χ3n) is 3.24. The third-order valence-corrected chi connectivity index (χ3v) is 3.24.